The summed E-state index contributed by atoms with van der Waals surface area (Å²) in [5.74, 6) is -0.915. The molecule has 1 fully saturated rings. The average Bonchev–Trinajstić information content (AvgIpc) is 3.29. The van der Waals surface area contributed by atoms with Gasteiger partial charge >= 0.3 is 5.97 Å². The Morgan fingerprint density at radius 1 is 1.05 bits per heavy atom. The summed E-state index contributed by atoms with van der Waals surface area (Å²) in [6.45, 7) is 6.49. The fourth-order valence-electron chi connectivity index (χ4n) is 5.27. The largest absolute Gasteiger partial charge is 0.465 e. The molecule has 1 N–H and O–H groups in total. The van der Waals surface area contributed by atoms with E-state index in [9.17, 15) is 18.0 Å². The number of ether oxygens (including phenoxy) is 2. The predicted molar refractivity (Wildman–Crippen MR) is 153 cm³/mol. The standard InChI is InChI=1S/C29H33N3O6S2/c1-19-15-32(16-20(2)38-19)40(35,36)23-11-9-22(10-12-23)27(33)30-28-26(29(34)37-3)24-13-14-31(18-25(24)39-28)17-21-7-5-4-6-8-21/h4-12,19-20H,13-18H2,1-3H3,(H,30,33)/t19-,20-/m1/s1. The Hall–Kier alpha value is -3.09. The van der Waals surface area contributed by atoms with Crippen LogP contribution in [0.1, 0.15) is 50.6 Å². The number of carbonyl (C=O) groups excluding carboxylic acids is 2. The molecule has 11 heteroatoms. The minimum Gasteiger partial charge on any atom is -0.465 e. The molecule has 1 saturated heterocycles. The summed E-state index contributed by atoms with van der Waals surface area (Å²) in [5.41, 5.74) is 2.81. The number of nitrogens with one attached hydrogen (secondary N) is 1. The predicted octanol–water partition coefficient (Wildman–Crippen LogP) is 4.14. The fraction of sp³-hybridized carbons (Fsp3) is 0.379. The molecular formula is C29H33N3O6S2. The van der Waals surface area contributed by atoms with Crippen LogP contribution in [0.2, 0.25) is 0 Å². The van der Waals surface area contributed by atoms with Gasteiger partial charge in [0.05, 0.1) is 29.8 Å². The van der Waals surface area contributed by atoms with Crippen LogP contribution in [0.5, 0.6) is 0 Å². The lowest BCUT2D eigenvalue weighted by Crippen LogP contribution is -2.48. The summed E-state index contributed by atoms with van der Waals surface area (Å²) < 4.78 is 38.5. The number of rotatable bonds is 7. The second kappa shape index (κ2) is 11.8. The van der Waals surface area contributed by atoms with E-state index in [-0.39, 0.29) is 35.8 Å². The van der Waals surface area contributed by atoms with Crippen molar-refractivity contribution in [1.82, 2.24) is 9.21 Å². The highest BCUT2D eigenvalue weighted by atomic mass is 32.2. The van der Waals surface area contributed by atoms with Crippen LogP contribution in [0.15, 0.2) is 59.5 Å². The van der Waals surface area contributed by atoms with Crippen molar-refractivity contribution in [3.63, 3.8) is 0 Å². The van der Waals surface area contributed by atoms with Crippen molar-refractivity contribution in [3.8, 4) is 0 Å². The minimum absolute atomic E-state index is 0.116. The summed E-state index contributed by atoms with van der Waals surface area (Å²) in [7, 11) is -2.39. The van der Waals surface area contributed by atoms with Gasteiger partial charge in [-0.15, -0.1) is 11.3 Å². The van der Waals surface area contributed by atoms with Crippen LogP contribution >= 0.6 is 11.3 Å². The highest BCUT2D eigenvalue weighted by Crippen LogP contribution is 2.38. The number of methoxy groups -OCH3 is 1. The molecule has 0 bridgehead atoms. The van der Waals surface area contributed by atoms with Crippen molar-refractivity contribution in [2.24, 2.45) is 0 Å². The second-order valence-corrected chi connectivity index (χ2v) is 13.2. The van der Waals surface area contributed by atoms with Crippen LogP contribution in [0.25, 0.3) is 0 Å². The highest BCUT2D eigenvalue weighted by molar-refractivity contribution is 7.89. The van der Waals surface area contributed by atoms with E-state index in [4.69, 9.17) is 9.47 Å². The number of esters is 1. The monoisotopic (exact) mass is 583 g/mol. The van der Waals surface area contributed by atoms with E-state index < -0.39 is 21.9 Å². The van der Waals surface area contributed by atoms with E-state index in [0.717, 1.165) is 23.5 Å². The SMILES string of the molecule is COC(=O)c1c(NC(=O)c2ccc(S(=O)(=O)N3C[C@@H](C)O[C@H](C)C3)cc2)sc2c1CCN(Cc1ccccc1)C2. The number of amides is 1. The smallest absolute Gasteiger partial charge is 0.341 e. The first-order valence-electron chi connectivity index (χ1n) is 13.2. The maximum Gasteiger partial charge on any atom is 0.341 e. The van der Waals surface area contributed by atoms with Crippen molar-refractivity contribution >= 4 is 38.2 Å². The van der Waals surface area contributed by atoms with E-state index in [0.29, 0.717) is 23.5 Å². The van der Waals surface area contributed by atoms with Crippen LogP contribution in [-0.2, 0) is 39.0 Å². The van der Waals surface area contributed by atoms with Crippen molar-refractivity contribution in [2.45, 2.75) is 50.5 Å². The van der Waals surface area contributed by atoms with Gasteiger partial charge in [0, 0.05) is 43.2 Å². The van der Waals surface area contributed by atoms with E-state index >= 15 is 0 Å². The van der Waals surface area contributed by atoms with E-state index in [1.54, 1.807) is 0 Å². The Morgan fingerprint density at radius 3 is 2.38 bits per heavy atom. The Kier molecular flexibility index (Phi) is 8.39. The van der Waals surface area contributed by atoms with Gasteiger partial charge in [-0.2, -0.15) is 4.31 Å². The quantitative estimate of drug-likeness (QED) is 0.417. The summed E-state index contributed by atoms with van der Waals surface area (Å²) >= 11 is 1.38. The molecule has 2 aromatic carbocycles. The minimum atomic E-state index is -3.72. The lowest BCUT2D eigenvalue weighted by atomic mass is 10.0. The summed E-state index contributed by atoms with van der Waals surface area (Å²) in [6.07, 6.45) is 0.272. The zero-order chi connectivity index (χ0) is 28.4. The third kappa shape index (κ3) is 5.98. The zero-order valence-corrected chi connectivity index (χ0v) is 24.4. The molecule has 0 unspecified atom stereocenters. The molecule has 2 aliphatic rings. The van der Waals surface area contributed by atoms with Gasteiger partial charge < -0.3 is 14.8 Å². The van der Waals surface area contributed by atoms with Crippen LogP contribution < -0.4 is 5.32 Å². The van der Waals surface area contributed by atoms with Crippen LogP contribution in [0.3, 0.4) is 0 Å². The summed E-state index contributed by atoms with van der Waals surface area (Å²) in [6, 6.07) is 16.1. The number of hydrogen-bond acceptors (Lipinski definition) is 8. The van der Waals surface area contributed by atoms with Crippen molar-refractivity contribution in [1.29, 1.82) is 0 Å². The number of anilines is 1. The number of sulfonamides is 1. The van der Waals surface area contributed by atoms with Gasteiger partial charge in [-0.3, -0.25) is 9.69 Å². The first-order chi connectivity index (χ1) is 19.2. The number of hydrogen-bond donors (Lipinski definition) is 1. The molecule has 1 aromatic heterocycles. The van der Waals surface area contributed by atoms with Gasteiger partial charge in [-0.25, -0.2) is 13.2 Å². The Labute approximate surface area is 238 Å². The lowest BCUT2D eigenvalue weighted by molar-refractivity contribution is -0.0440. The maximum atomic E-state index is 13.2. The van der Waals surface area contributed by atoms with Gasteiger partial charge in [0.25, 0.3) is 5.91 Å². The van der Waals surface area contributed by atoms with Crippen LogP contribution in [-0.4, -0.2) is 68.5 Å². The molecule has 40 heavy (non-hydrogen) atoms. The number of thiophene rings is 1. The molecule has 0 radical (unpaired) electrons. The number of morpholine rings is 1. The van der Waals surface area contributed by atoms with Gasteiger partial charge in [0.1, 0.15) is 5.00 Å². The first kappa shape index (κ1) is 28.4. The van der Waals surface area contributed by atoms with E-state index in [1.807, 2.05) is 32.0 Å². The summed E-state index contributed by atoms with van der Waals surface area (Å²) in [5, 5.41) is 3.32. The highest BCUT2D eigenvalue weighted by Gasteiger charge is 2.33. The first-order valence-corrected chi connectivity index (χ1v) is 15.5. The number of carbonyl (C=O) groups is 2. The van der Waals surface area contributed by atoms with Gasteiger partial charge in [0.2, 0.25) is 10.0 Å². The lowest BCUT2D eigenvalue weighted by Gasteiger charge is -2.34. The Balaban J connectivity index is 1.33. The molecule has 212 valence electrons. The number of nitrogens with zero attached hydrogens (tertiary/aromatic N) is 2. The molecule has 2 atom stereocenters. The third-order valence-corrected chi connectivity index (χ3v) is 10.1. The number of benzene rings is 2. The molecule has 9 nitrogen and oxygen atoms in total. The Bertz CT molecular complexity index is 1480. The molecule has 5 rings (SSSR count). The molecule has 3 aromatic rings. The molecule has 2 aliphatic heterocycles. The zero-order valence-electron chi connectivity index (χ0n) is 22.8. The topological polar surface area (TPSA) is 105 Å². The normalized spacial score (nSPS) is 20.1. The molecule has 0 spiro atoms. The van der Waals surface area contributed by atoms with E-state index in [1.165, 1.54) is 52.6 Å². The van der Waals surface area contributed by atoms with Crippen LogP contribution in [0.4, 0.5) is 5.00 Å². The Morgan fingerprint density at radius 2 is 1.73 bits per heavy atom. The second-order valence-electron chi connectivity index (χ2n) is 10.2. The van der Waals surface area contributed by atoms with Gasteiger partial charge in [-0.05, 0) is 55.7 Å². The molecular weight excluding hydrogens is 550 g/mol. The fourth-order valence-corrected chi connectivity index (χ4v) is 8.13. The van der Waals surface area contributed by atoms with Crippen molar-refractivity contribution < 1.29 is 27.5 Å². The van der Waals surface area contributed by atoms with Crippen molar-refractivity contribution in [2.75, 3.05) is 32.1 Å². The maximum absolute atomic E-state index is 13.2. The molecule has 3 heterocycles. The third-order valence-electron chi connectivity index (χ3n) is 7.14. The molecule has 1 amide bonds. The average molecular weight is 584 g/mol. The van der Waals surface area contributed by atoms with Gasteiger partial charge in [-0.1, -0.05) is 30.3 Å². The van der Waals surface area contributed by atoms with Crippen molar-refractivity contribution in [3.05, 3.63) is 81.7 Å². The van der Waals surface area contributed by atoms with Gasteiger partial charge in [0.15, 0.2) is 0 Å². The van der Waals surface area contributed by atoms with E-state index in [2.05, 4.69) is 22.3 Å². The summed E-state index contributed by atoms with van der Waals surface area (Å²) in [4.78, 5) is 29.4. The molecule has 0 aliphatic carbocycles. The molecule has 0 saturated carbocycles. The van der Waals surface area contributed by atoms with Crippen LogP contribution in [0, 0.1) is 0 Å². The number of fused-ring (bicyclic) bond motifs is 1.